The van der Waals surface area contributed by atoms with Crippen LogP contribution in [0.3, 0.4) is 0 Å². The number of nitrogens with zero attached hydrogens (tertiary/aromatic N) is 4. The zero-order valence-corrected chi connectivity index (χ0v) is 54.9. The molecule has 0 aliphatic carbocycles. The summed E-state index contributed by atoms with van der Waals surface area (Å²) in [5.41, 5.74) is 12.8. The van der Waals surface area contributed by atoms with Crippen LogP contribution in [0.2, 0.25) is 0 Å². The highest BCUT2D eigenvalue weighted by Gasteiger charge is 2.55. The van der Waals surface area contributed by atoms with Gasteiger partial charge in [-0.25, -0.2) is 0 Å². The topological polar surface area (TPSA) is 626 Å². The number of hydrogen-bond donors (Lipinski definition) is 21. The Morgan fingerprint density at radius 2 is 1.32 bits per heavy atom. The minimum absolute atomic E-state index is 0.0801. The van der Waals surface area contributed by atoms with Crippen molar-refractivity contribution in [3.8, 4) is 11.5 Å². The van der Waals surface area contributed by atoms with Gasteiger partial charge in [0.1, 0.15) is 121 Å². The van der Waals surface area contributed by atoms with Crippen LogP contribution < -0.4 is 58.2 Å². The molecular formula is C62H83N13O28. The maximum atomic E-state index is 15.2. The average Bonchev–Trinajstić information content (AvgIpc) is 1.76. The standard InChI is InChI=1S/C62H83N13O28/c1-23(25-6-4-3-5-7-25)38-54(91)68-28(14-24-8-11-27(12-9-24)98-59-48(87)45(84)50(35(21-78)100-59)103-60-49(88)46(85)51-36(101-60)22-97-58(102-51)26-10-13-31(75(94)95)33(15-26)96-2)53(90)72-39(41(80)29-16-66-61(63)70-29)56(93)73-40(55(92)69-30(19-76)52(89)65-18-37(79)71-38)42(81)32-17-67-62(64)74(32)57-47(86)44(83)43(82)34(20-77)99-57/h3-13,15,23,28-30,32,34-36,38-51,57-60,76-78,80-88H,14,16-22H2,1-2H3,(H2,64,67)(H,65,89)(H,68,91)(H,69,92)(H,71,79)(H,72,90)(H,73,93)(H3,63,66,70). The summed E-state index contributed by atoms with van der Waals surface area (Å²) in [5, 5.41) is 162. The van der Waals surface area contributed by atoms with E-state index in [-0.39, 0.29) is 47.4 Å². The molecule has 23 N–H and O–H groups in total. The number of aliphatic imine (C=N–C) groups is 2. The molecule has 7 aliphatic heterocycles. The zero-order valence-electron chi connectivity index (χ0n) is 54.9. The molecule has 0 saturated carbocycles. The zero-order chi connectivity index (χ0) is 74.4. The molecule has 10 rings (SSSR count). The van der Waals surface area contributed by atoms with Crippen LogP contribution in [0.25, 0.3) is 0 Å². The number of nitro groups is 1. The molecule has 7 heterocycles. The molecule has 6 amide bonds. The maximum absolute atomic E-state index is 15.2. The lowest BCUT2D eigenvalue weighted by atomic mass is 9.92. The number of nitrogens with one attached hydrogen (secondary N) is 7. The quantitative estimate of drug-likeness (QED) is 0.0391. The lowest BCUT2D eigenvalue weighted by molar-refractivity contribution is -0.386. The molecule has 564 valence electrons. The minimum Gasteiger partial charge on any atom is -0.490 e. The highest BCUT2D eigenvalue weighted by molar-refractivity contribution is 5.98. The largest absolute Gasteiger partial charge is 0.490 e. The molecule has 3 aromatic carbocycles. The monoisotopic (exact) mass is 1460 g/mol. The average molecular weight is 1460 g/mol. The first-order valence-corrected chi connectivity index (χ1v) is 32.6. The summed E-state index contributed by atoms with van der Waals surface area (Å²) in [6.07, 6.45) is -32.1. The minimum atomic E-state index is -2.36. The molecule has 26 atom stereocenters. The van der Waals surface area contributed by atoms with Gasteiger partial charge in [0.2, 0.25) is 41.7 Å². The number of nitrogens with two attached hydrogens (primary N) is 2. The smallest absolute Gasteiger partial charge is 0.310 e. The van der Waals surface area contributed by atoms with E-state index in [9.17, 15) is 90.6 Å². The van der Waals surface area contributed by atoms with E-state index in [2.05, 4.69) is 47.2 Å². The van der Waals surface area contributed by atoms with Crippen LogP contribution >= 0.6 is 0 Å². The van der Waals surface area contributed by atoms with Crippen LogP contribution in [-0.4, -0.2) is 318 Å². The highest BCUT2D eigenvalue weighted by atomic mass is 16.8. The van der Waals surface area contributed by atoms with Gasteiger partial charge in [0.25, 0.3) is 0 Å². The molecule has 41 heteroatoms. The molecule has 41 nitrogen and oxygen atoms in total. The Labute approximate surface area is 584 Å². The van der Waals surface area contributed by atoms with Gasteiger partial charge >= 0.3 is 5.69 Å². The van der Waals surface area contributed by atoms with Crippen molar-refractivity contribution in [3.05, 3.63) is 99.6 Å². The first kappa shape index (κ1) is 76.9. The summed E-state index contributed by atoms with van der Waals surface area (Å²) in [6, 6.07) is 4.57. The van der Waals surface area contributed by atoms with E-state index in [4.69, 9.17) is 49.4 Å². The Balaban J connectivity index is 0.895. The molecule has 0 spiro atoms. The van der Waals surface area contributed by atoms with E-state index >= 15 is 9.59 Å². The Morgan fingerprint density at radius 3 is 1.98 bits per heavy atom. The third kappa shape index (κ3) is 16.9. The van der Waals surface area contributed by atoms with Crippen molar-refractivity contribution in [2.45, 2.75) is 172 Å². The molecule has 0 bridgehead atoms. The number of hydrogen-bond acceptors (Lipinski definition) is 34. The number of benzene rings is 3. The molecule has 103 heavy (non-hydrogen) atoms. The van der Waals surface area contributed by atoms with Gasteiger partial charge in [-0.15, -0.1) is 0 Å². The molecule has 3 aromatic rings. The van der Waals surface area contributed by atoms with Crippen molar-refractivity contribution in [1.29, 1.82) is 0 Å². The summed E-state index contributed by atoms with van der Waals surface area (Å²) >= 11 is 0. The second kappa shape index (κ2) is 33.4. The molecule has 7 aliphatic rings. The van der Waals surface area contributed by atoms with Gasteiger partial charge in [-0.3, -0.25) is 48.9 Å². The fourth-order valence-corrected chi connectivity index (χ4v) is 12.9. The summed E-state index contributed by atoms with van der Waals surface area (Å²) < 4.78 is 46.2. The predicted octanol–water partition coefficient (Wildman–Crippen LogP) is -10.9. The van der Waals surface area contributed by atoms with Crippen molar-refractivity contribution in [2.24, 2.45) is 21.5 Å². The van der Waals surface area contributed by atoms with E-state index in [0.717, 1.165) is 4.90 Å². The van der Waals surface area contributed by atoms with Crippen LogP contribution in [-0.2, 0) is 63.6 Å². The number of methoxy groups -OCH3 is 1. The fraction of sp³-hybridized carbons (Fsp3) is 0.581. The Kier molecular flexibility index (Phi) is 24.9. The van der Waals surface area contributed by atoms with Crippen LogP contribution in [0.15, 0.2) is 82.8 Å². The summed E-state index contributed by atoms with van der Waals surface area (Å²) in [5.74, 6) is -9.18. The van der Waals surface area contributed by atoms with Gasteiger partial charge in [-0.2, -0.15) is 0 Å². The fourth-order valence-electron chi connectivity index (χ4n) is 12.9. The van der Waals surface area contributed by atoms with Crippen LogP contribution in [0, 0.1) is 10.1 Å². The first-order chi connectivity index (χ1) is 49.1. The van der Waals surface area contributed by atoms with Crippen molar-refractivity contribution >= 4 is 53.0 Å². The van der Waals surface area contributed by atoms with Gasteiger partial charge in [0.15, 0.2) is 36.5 Å². The van der Waals surface area contributed by atoms with E-state index < -0.39 is 244 Å². The van der Waals surface area contributed by atoms with Gasteiger partial charge in [0.05, 0.1) is 70.2 Å². The molecule has 0 radical (unpaired) electrons. The normalized spacial score (nSPS) is 35.8. The van der Waals surface area contributed by atoms with E-state index in [1.807, 2.05) is 0 Å². The summed E-state index contributed by atoms with van der Waals surface area (Å²) in [7, 11) is 1.23. The predicted molar refractivity (Wildman–Crippen MR) is 343 cm³/mol. The third-order valence-corrected chi connectivity index (χ3v) is 18.7. The number of ether oxygens (including phenoxy) is 8. The number of amides is 6. The second-order valence-electron chi connectivity index (χ2n) is 25.3. The van der Waals surface area contributed by atoms with Crippen molar-refractivity contribution < 1.29 is 133 Å². The van der Waals surface area contributed by atoms with Gasteiger partial charge in [-0.1, -0.05) is 49.4 Å². The summed E-state index contributed by atoms with van der Waals surface area (Å²) in [6.45, 7) is -3.49. The number of nitro benzene ring substituents is 1. The van der Waals surface area contributed by atoms with Gasteiger partial charge in [-0.05, 0) is 35.4 Å². The Hall–Kier alpha value is -8.70. The number of aliphatic hydroxyl groups excluding tert-OH is 12. The van der Waals surface area contributed by atoms with Gasteiger partial charge in [0, 0.05) is 24.0 Å². The Morgan fingerprint density at radius 1 is 0.660 bits per heavy atom. The highest BCUT2D eigenvalue weighted by Crippen LogP contribution is 2.39. The SMILES string of the molecule is COc1cc(C2OCC3OC(OC4C(CO)OC(Oc5ccc(CC6NC(=O)C(C(C)c7ccccc7)NC(=O)CNC(=O)C(CO)NC(=O)C(C(O)C7CN=C(N)N7C7OC(CO)C(O)C(O)C7O)NC(=O)C(C(O)C7CN=C(N)N7)NC6=O)cc5)C(O)C4O)C(O)C(O)C3O2)ccc1[N+](=O)[O-]. The van der Waals surface area contributed by atoms with E-state index in [0.29, 0.717) is 5.56 Å². The van der Waals surface area contributed by atoms with Gasteiger partial charge < -0.3 is 153 Å². The number of aliphatic hydroxyl groups is 12. The second-order valence-corrected chi connectivity index (χ2v) is 25.3. The number of fused-ring (bicyclic) bond motifs is 1. The number of guanidine groups is 2. The molecule has 5 saturated heterocycles. The molecule has 0 aromatic heterocycles. The Bertz CT molecular complexity index is 3570. The molecule has 5 fully saturated rings. The van der Waals surface area contributed by atoms with Crippen molar-refractivity contribution in [1.82, 2.24) is 42.1 Å². The van der Waals surface area contributed by atoms with E-state index in [1.54, 1.807) is 37.3 Å². The number of carbonyl (C=O) groups excluding carboxylic acids is 6. The first-order valence-electron chi connectivity index (χ1n) is 32.6. The van der Waals surface area contributed by atoms with Crippen molar-refractivity contribution in [2.75, 3.05) is 53.2 Å². The third-order valence-electron chi connectivity index (χ3n) is 18.7. The van der Waals surface area contributed by atoms with Crippen LogP contribution in [0.5, 0.6) is 11.5 Å². The lowest BCUT2D eigenvalue weighted by Gasteiger charge is -2.48. The maximum Gasteiger partial charge on any atom is 0.310 e. The molecule has 26 unspecified atom stereocenters. The van der Waals surface area contributed by atoms with E-state index in [1.165, 1.54) is 49.6 Å². The molecular weight excluding hydrogens is 1370 g/mol. The lowest BCUT2D eigenvalue weighted by Crippen LogP contribution is -2.70. The van der Waals surface area contributed by atoms with Crippen LogP contribution in [0.4, 0.5) is 5.69 Å². The van der Waals surface area contributed by atoms with Crippen LogP contribution in [0.1, 0.15) is 35.8 Å². The summed E-state index contributed by atoms with van der Waals surface area (Å²) in [4.78, 5) is 107. The van der Waals surface area contributed by atoms with Crippen molar-refractivity contribution in [3.63, 3.8) is 0 Å². The number of rotatable bonds is 19. The number of carbonyl (C=O) groups is 6.